The Bertz CT molecular complexity index is 615. The van der Waals surface area contributed by atoms with Crippen molar-refractivity contribution < 1.29 is 23.1 Å². The van der Waals surface area contributed by atoms with E-state index in [4.69, 9.17) is 5.11 Å². The van der Waals surface area contributed by atoms with Crippen molar-refractivity contribution in [3.8, 4) is 0 Å². The first kappa shape index (κ1) is 17.6. The summed E-state index contributed by atoms with van der Waals surface area (Å²) in [4.78, 5) is 23.1. The molecule has 1 aromatic carbocycles. The monoisotopic (exact) mass is 378 g/mol. The molecule has 0 bridgehead atoms. The fourth-order valence-corrected chi connectivity index (χ4v) is 2.77. The fraction of sp³-hybridized carbons (Fsp3) is 0.333. The van der Waals surface area contributed by atoms with Crippen molar-refractivity contribution in [1.29, 1.82) is 0 Å². The van der Waals surface area contributed by atoms with Gasteiger partial charge < -0.3 is 10.0 Å². The third kappa shape index (κ3) is 5.82. The second kappa shape index (κ2) is 7.53. The molecule has 0 saturated carbocycles. The molecule has 0 heterocycles. The molecule has 0 aliphatic heterocycles. The first-order chi connectivity index (χ1) is 9.72. The van der Waals surface area contributed by atoms with Crippen molar-refractivity contribution in [2.45, 2.75) is 11.3 Å². The molecule has 0 spiro atoms. The van der Waals surface area contributed by atoms with Crippen LogP contribution in [0.2, 0.25) is 0 Å². The molecule has 1 aromatic rings. The van der Waals surface area contributed by atoms with Crippen LogP contribution in [0.3, 0.4) is 0 Å². The van der Waals surface area contributed by atoms with Crippen LogP contribution in [0.1, 0.15) is 6.42 Å². The predicted molar refractivity (Wildman–Crippen MR) is 79.2 cm³/mol. The number of carboxylic acid groups (broad SMARTS) is 1. The van der Waals surface area contributed by atoms with Crippen molar-refractivity contribution in [3.05, 3.63) is 28.7 Å². The van der Waals surface area contributed by atoms with Gasteiger partial charge in [-0.2, -0.15) is 0 Å². The number of nitrogens with zero attached hydrogens (tertiary/aromatic N) is 1. The number of aliphatic carboxylic acids is 1. The number of benzene rings is 1. The lowest BCUT2D eigenvalue weighted by Crippen LogP contribution is -2.35. The number of halogens is 1. The highest BCUT2D eigenvalue weighted by Gasteiger charge is 2.16. The van der Waals surface area contributed by atoms with Crippen molar-refractivity contribution in [3.63, 3.8) is 0 Å². The van der Waals surface area contributed by atoms with Gasteiger partial charge in [0.05, 0.1) is 4.90 Å². The third-order valence-corrected chi connectivity index (χ3v) is 4.56. The van der Waals surface area contributed by atoms with Crippen LogP contribution in [0, 0.1) is 0 Å². The average Bonchev–Trinajstić information content (AvgIpc) is 2.38. The molecule has 0 atom stereocenters. The van der Waals surface area contributed by atoms with E-state index in [-0.39, 0.29) is 17.9 Å². The molecule has 0 saturated heterocycles. The molecule has 0 aliphatic rings. The second-order valence-electron chi connectivity index (χ2n) is 4.25. The van der Waals surface area contributed by atoms with Gasteiger partial charge in [0.2, 0.25) is 15.9 Å². The van der Waals surface area contributed by atoms with E-state index in [1.807, 2.05) is 0 Å². The Labute approximate surface area is 131 Å². The summed E-state index contributed by atoms with van der Waals surface area (Å²) in [6, 6.07) is 6.07. The first-order valence-electron chi connectivity index (χ1n) is 5.93. The zero-order chi connectivity index (χ0) is 16.0. The minimum atomic E-state index is -3.68. The maximum atomic E-state index is 11.9. The standard InChI is InChI=1S/C12H15BrN2O5S/c1-15(8-12(17)18)11(16)6-7-14-21(19,20)10-4-2-9(13)3-5-10/h2-5,14H,6-8H2,1H3,(H,17,18). The van der Waals surface area contributed by atoms with Crippen LogP contribution in [0.5, 0.6) is 0 Å². The Morgan fingerprint density at radius 2 is 1.86 bits per heavy atom. The predicted octanol–water partition coefficient (Wildman–Crippen LogP) is 0.661. The Balaban J connectivity index is 2.53. The number of nitrogens with one attached hydrogen (secondary N) is 1. The molecule has 1 rings (SSSR count). The van der Waals surface area contributed by atoms with Gasteiger partial charge in [-0.25, -0.2) is 13.1 Å². The lowest BCUT2D eigenvalue weighted by molar-refractivity contribution is -0.143. The van der Waals surface area contributed by atoms with Crippen molar-refractivity contribution in [1.82, 2.24) is 9.62 Å². The topological polar surface area (TPSA) is 104 Å². The maximum Gasteiger partial charge on any atom is 0.323 e. The first-order valence-corrected chi connectivity index (χ1v) is 8.21. The highest BCUT2D eigenvalue weighted by Crippen LogP contribution is 2.14. The summed E-state index contributed by atoms with van der Waals surface area (Å²) in [5, 5.41) is 8.55. The van der Waals surface area contributed by atoms with E-state index < -0.39 is 28.4 Å². The average molecular weight is 379 g/mol. The number of carboxylic acids is 1. The van der Waals surface area contributed by atoms with E-state index in [0.29, 0.717) is 0 Å². The Morgan fingerprint density at radius 3 is 2.38 bits per heavy atom. The number of hydrogen-bond acceptors (Lipinski definition) is 4. The van der Waals surface area contributed by atoms with Crippen molar-refractivity contribution in [2.75, 3.05) is 20.1 Å². The lowest BCUT2D eigenvalue weighted by Gasteiger charge is -2.14. The van der Waals surface area contributed by atoms with Crippen molar-refractivity contribution in [2.24, 2.45) is 0 Å². The van der Waals surface area contributed by atoms with Crippen LogP contribution >= 0.6 is 15.9 Å². The number of carbonyl (C=O) groups excluding carboxylic acids is 1. The summed E-state index contributed by atoms with van der Waals surface area (Å²) in [5.74, 6) is -1.57. The molecular weight excluding hydrogens is 364 g/mol. The quantitative estimate of drug-likeness (QED) is 0.725. The highest BCUT2D eigenvalue weighted by molar-refractivity contribution is 9.10. The van der Waals surface area contributed by atoms with E-state index in [1.165, 1.54) is 19.2 Å². The van der Waals surface area contributed by atoms with Gasteiger partial charge in [-0.3, -0.25) is 9.59 Å². The summed E-state index contributed by atoms with van der Waals surface area (Å²) in [6.07, 6.45) is -0.112. The summed E-state index contributed by atoms with van der Waals surface area (Å²) in [7, 11) is -2.33. The van der Waals surface area contributed by atoms with E-state index in [9.17, 15) is 18.0 Å². The van der Waals surface area contributed by atoms with Gasteiger partial charge in [-0.15, -0.1) is 0 Å². The molecule has 9 heteroatoms. The van der Waals surface area contributed by atoms with Gasteiger partial charge >= 0.3 is 5.97 Å². The second-order valence-corrected chi connectivity index (χ2v) is 6.93. The molecule has 0 aliphatic carbocycles. The number of amides is 1. The number of likely N-dealkylation sites (N-methyl/N-ethyl adjacent to an activating group) is 1. The van der Waals surface area contributed by atoms with E-state index >= 15 is 0 Å². The van der Waals surface area contributed by atoms with Gasteiger partial charge in [-0.05, 0) is 24.3 Å². The van der Waals surface area contributed by atoms with Gasteiger partial charge in [0.1, 0.15) is 6.54 Å². The van der Waals surface area contributed by atoms with E-state index in [1.54, 1.807) is 12.1 Å². The fourth-order valence-electron chi connectivity index (χ4n) is 1.47. The van der Waals surface area contributed by atoms with Gasteiger partial charge in [0, 0.05) is 24.5 Å². The van der Waals surface area contributed by atoms with Crippen LogP contribution in [-0.2, 0) is 19.6 Å². The zero-order valence-electron chi connectivity index (χ0n) is 11.2. The Hall–Kier alpha value is -1.45. The highest BCUT2D eigenvalue weighted by atomic mass is 79.9. The normalized spacial score (nSPS) is 11.1. The van der Waals surface area contributed by atoms with Crippen LogP contribution < -0.4 is 4.72 Å². The molecule has 21 heavy (non-hydrogen) atoms. The minimum Gasteiger partial charge on any atom is -0.480 e. The smallest absolute Gasteiger partial charge is 0.323 e. The van der Waals surface area contributed by atoms with Crippen LogP contribution in [0.4, 0.5) is 0 Å². The third-order valence-electron chi connectivity index (χ3n) is 2.55. The number of sulfonamides is 1. The largest absolute Gasteiger partial charge is 0.480 e. The molecule has 2 N–H and O–H groups in total. The molecule has 1 amide bonds. The molecule has 0 fully saturated rings. The Kier molecular flexibility index (Phi) is 6.31. The van der Waals surface area contributed by atoms with Crippen molar-refractivity contribution >= 4 is 37.8 Å². The summed E-state index contributed by atoms with van der Waals surface area (Å²) in [6.45, 7) is -0.514. The van der Waals surface area contributed by atoms with Gasteiger partial charge in [0.25, 0.3) is 0 Å². The van der Waals surface area contributed by atoms with Gasteiger partial charge in [-0.1, -0.05) is 15.9 Å². The maximum absolute atomic E-state index is 11.9. The molecule has 0 radical (unpaired) electrons. The molecule has 7 nitrogen and oxygen atoms in total. The number of rotatable bonds is 7. The van der Waals surface area contributed by atoms with Gasteiger partial charge in [0.15, 0.2) is 0 Å². The molecule has 116 valence electrons. The molecule has 0 unspecified atom stereocenters. The van der Waals surface area contributed by atoms with E-state index in [0.717, 1.165) is 9.37 Å². The summed E-state index contributed by atoms with van der Waals surface area (Å²) >= 11 is 3.21. The molecule has 0 aromatic heterocycles. The molecular formula is C12H15BrN2O5S. The zero-order valence-corrected chi connectivity index (χ0v) is 13.6. The summed E-state index contributed by atoms with van der Waals surface area (Å²) in [5.41, 5.74) is 0. The lowest BCUT2D eigenvalue weighted by atomic mass is 10.4. The Morgan fingerprint density at radius 1 is 1.29 bits per heavy atom. The summed E-state index contributed by atoms with van der Waals surface area (Å²) < 4.78 is 26.9. The number of carbonyl (C=O) groups is 2. The van der Waals surface area contributed by atoms with Crippen LogP contribution in [-0.4, -0.2) is 50.4 Å². The SMILES string of the molecule is CN(CC(=O)O)C(=O)CCNS(=O)(=O)c1ccc(Br)cc1. The minimum absolute atomic E-state index is 0.0945. The number of hydrogen-bond donors (Lipinski definition) is 2. The van der Waals surface area contributed by atoms with Crippen LogP contribution in [0.15, 0.2) is 33.6 Å². The van der Waals surface area contributed by atoms with E-state index in [2.05, 4.69) is 20.7 Å². The van der Waals surface area contributed by atoms with Crippen LogP contribution in [0.25, 0.3) is 0 Å².